The van der Waals surface area contributed by atoms with Gasteiger partial charge >= 0.3 is 0 Å². The maximum absolute atomic E-state index is 12.1. The van der Waals surface area contributed by atoms with E-state index in [0.717, 1.165) is 12.8 Å². The highest BCUT2D eigenvalue weighted by Crippen LogP contribution is 2.27. The zero-order valence-electron chi connectivity index (χ0n) is 12.9. The second-order valence-corrected chi connectivity index (χ2v) is 6.83. The number of rotatable bonds is 7. The van der Waals surface area contributed by atoms with Gasteiger partial charge in [0.1, 0.15) is 0 Å². The van der Waals surface area contributed by atoms with E-state index >= 15 is 0 Å². The molecule has 4 atom stereocenters. The summed E-state index contributed by atoms with van der Waals surface area (Å²) in [5.41, 5.74) is 0. The summed E-state index contributed by atoms with van der Waals surface area (Å²) in [4.78, 5) is 12.1. The first-order chi connectivity index (χ1) is 9.08. The van der Waals surface area contributed by atoms with Gasteiger partial charge in [0.15, 0.2) is 0 Å². The van der Waals surface area contributed by atoms with Crippen molar-refractivity contribution < 1.29 is 4.79 Å². The zero-order chi connectivity index (χ0) is 14.3. The van der Waals surface area contributed by atoms with Crippen LogP contribution in [0.15, 0.2) is 0 Å². The molecule has 0 bridgehead atoms. The van der Waals surface area contributed by atoms with E-state index in [1.54, 1.807) is 0 Å². The third-order valence-corrected chi connectivity index (χ3v) is 5.14. The van der Waals surface area contributed by atoms with Crippen molar-refractivity contribution >= 4 is 17.7 Å². The normalized spacial score (nSPS) is 26.7. The molecule has 0 aliphatic heterocycles. The van der Waals surface area contributed by atoms with Crippen molar-refractivity contribution in [3.8, 4) is 0 Å². The molecule has 0 spiro atoms. The van der Waals surface area contributed by atoms with Crippen LogP contribution in [0, 0.1) is 0 Å². The standard InChI is InChI=1S/C15H30N2OS/c1-5-8-11(2)16-15(18)12(3)17-13-9-6-7-10-14(13)19-4/h11-14,17H,5-10H2,1-4H3,(H,16,18). The molecular weight excluding hydrogens is 256 g/mol. The van der Waals surface area contributed by atoms with Crippen LogP contribution in [-0.4, -0.2) is 35.5 Å². The predicted octanol–water partition coefficient (Wildman–Crippen LogP) is 2.94. The molecule has 19 heavy (non-hydrogen) atoms. The Kier molecular flexibility index (Phi) is 7.84. The van der Waals surface area contributed by atoms with Gasteiger partial charge < -0.3 is 10.6 Å². The monoisotopic (exact) mass is 286 g/mol. The lowest BCUT2D eigenvalue weighted by atomic mass is 9.94. The minimum Gasteiger partial charge on any atom is -0.352 e. The fraction of sp³-hybridized carbons (Fsp3) is 0.933. The zero-order valence-corrected chi connectivity index (χ0v) is 13.7. The summed E-state index contributed by atoms with van der Waals surface area (Å²) in [6.45, 7) is 6.22. The highest BCUT2D eigenvalue weighted by molar-refractivity contribution is 7.99. The number of carbonyl (C=O) groups excluding carboxylic acids is 1. The van der Waals surface area contributed by atoms with E-state index < -0.39 is 0 Å². The minimum absolute atomic E-state index is 0.0861. The fourth-order valence-electron chi connectivity index (χ4n) is 2.84. The Hall–Kier alpha value is -0.220. The number of thioether (sulfide) groups is 1. The van der Waals surface area contributed by atoms with E-state index in [1.165, 1.54) is 25.7 Å². The Morgan fingerprint density at radius 2 is 2.00 bits per heavy atom. The number of hydrogen-bond donors (Lipinski definition) is 2. The smallest absolute Gasteiger partial charge is 0.237 e. The summed E-state index contributed by atoms with van der Waals surface area (Å²) in [5.74, 6) is 0.145. The molecule has 1 aliphatic carbocycles. The van der Waals surface area contributed by atoms with Gasteiger partial charge in [-0.25, -0.2) is 0 Å². The third kappa shape index (κ3) is 5.74. The summed E-state index contributed by atoms with van der Waals surface area (Å²) in [6.07, 6.45) is 9.44. The van der Waals surface area contributed by atoms with Gasteiger partial charge in [-0.3, -0.25) is 4.79 Å². The van der Waals surface area contributed by atoms with Gasteiger partial charge in [-0.2, -0.15) is 11.8 Å². The van der Waals surface area contributed by atoms with Crippen molar-refractivity contribution in [2.75, 3.05) is 6.26 Å². The maximum atomic E-state index is 12.1. The van der Waals surface area contributed by atoms with E-state index in [1.807, 2.05) is 18.7 Å². The molecule has 0 aromatic carbocycles. The Morgan fingerprint density at radius 3 is 2.63 bits per heavy atom. The van der Waals surface area contributed by atoms with E-state index in [-0.39, 0.29) is 18.0 Å². The van der Waals surface area contributed by atoms with Crippen molar-refractivity contribution in [1.82, 2.24) is 10.6 Å². The first-order valence-corrected chi connectivity index (χ1v) is 8.96. The van der Waals surface area contributed by atoms with Crippen molar-refractivity contribution in [2.45, 2.75) is 82.7 Å². The fourth-order valence-corrected chi connectivity index (χ4v) is 3.79. The minimum atomic E-state index is -0.0861. The van der Waals surface area contributed by atoms with Gasteiger partial charge in [0.2, 0.25) is 5.91 Å². The molecule has 1 fully saturated rings. The SMILES string of the molecule is CCCC(C)NC(=O)C(C)NC1CCCCC1SC. The lowest BCUT2D eigenvalue weighted by Crippen LogP contribution is -2.52. The Labute approximate surface area is 122 Å². The summed E-state index contributed by atoms with van der Waals surface area (Å²) < 4.78 is 0. The van der Waals surface area contributed by atoms with E-state index in [4.69, 9.17) is 0 Å². The molecule has 0 aromatic rings. The quantitative estimate of drug-likeness (QED) is 0.756. The van der Waals surface area contributed by atoms with Gasteiger partial charge in [-0.1, -0.05) is 26.2 Å². The van der Waals surface area contributed by atoms with Crippen LogP contribution in [0.1, 0.15) is 59.3 Å². The second kappa shape index (κ2) is 8.85. The van der Waals surface area contributed by atoms with Gasteiger partial charge in [-0.15, -0.1) is 0 Å². The van der Waals surface area contributed by atoms with Crippen molar-refractivity contribution in [2.24, 2.45) is 0 Å². The van der Waals surface area contributed by atoms with Crippen LogP contribution in [0.2, 0.25) is 0 Å². The molecular formula is C15H30N2OS. The predicted molar refractivity (Wildman–Crippen MR) is 84.7 cm³/mol. The largest absolute Gasteiger partial charge is 0.352 e. The van der Waals surface area contributed by atoms with Crippen molar-refractivity contribution in [3.63, 3.8) is 0 Å². The molecule has 1 rings (SSSR count). The third-order valence-electron chi connectivity index (χ3n) is 3.97. The van der Waals surface area contributed by atoms with Gasteiger partial charge in [-0.05, 0) is 39.4 Å². The lowest BCUT2D eigenvalue weighted by molar-refractivity contribution is -0.123. The highest BCUT2D eigenvalue weighted by Gasteiger charge is 2.27. The van der Waals surface area contributed by atoms with Crippen LogP contribution in [0.4, 0.5) is 0 Å². The van der Waals surface area contributed by atoms with Gasteiger partial charge in [0.25, 0.3) is 0 Å². The number of amides is 1. The van der Waals surface area contributed by atoms with E-state index in [0.29, 0.717) is 11.3 Å². The first-order valence-electron chi connectivity index (χ1n) is 7.67. The molecule has 0 saturated heterocycles. The van der Waals surface area contributed by atoms with E-state index in [9.17, 15) is 4.79 Å². The summed E-state index contributed by atoms with van der Waals surface area (Å²) in [5, 5.41) is 7.29. The average molecular weight is 286 g/mol. The molecule has 4 unspecified atom stereocenters. The van der Waals surface area contributed by atoms with Crippen LogP contribution < -0.4 is 10.6 Å². The Bertz CT molecular complexity index is 273. The van der Waals surface area contributed by atoms with Crippen molar-refractivity contribution in [3.05, 3.63) is 0 Å². The topological polar surface area (TPSA) is 41.1 Å². The molecule has 0 heterocycles. The molecule has 1 saturated carbocycles. The second-order valence-electron chi connectivity index (χ2n) is 5.75. The maximum Gasteiger partial charge on any atom is 0.237 e. The summed E-state index contributed by atoms with van der Waals surface area (Å²) >= 11 is 1.94. The van der Waals surface area contributed by atoms with E-state index in [2.05, 4.69) is 30.7 Å². The number of hydrogen-bond acceptors (Lipinski definition) is 3. The molecule has 1 aliphatic rings. The summed E-state index contributed by atoms with van der Waals surface area (Å²) in [7, 11) is 0. The molecule has 0 aromatic heterocycles. The highest BCUT2D eigenvalue weighted by atomic mass is 32.2. The molecule has 4 heteroatoms. The first kappa shape index (κ1) is 16.8. The lowest BCUT2D eigenvalue weighted by Gasteiger charge is -2.33. The molecule has 0 radical (unpaired) electrons. The van der Waals surface area contributed by atoms with Gasteiger partial charge in [0.05, 0.1) is 6.04 Å². The van der Waals surface area contributed by atoms with Crippen LogP contribution in [0.3, 0.4) is 0 Å². The Morgan fingerprint density at radius 1 is 1.32 bits per heavy atom. The number of carbonyl (C=O) groups is 1. The van der Waals surface area contributed by atoms with Crippen LogP contribution in [0.5, 0.6) is 0 Å². The molecule has 1 amide bonds. The molecule has 3 nitrogen and oxygen atoms in total. The van der Waals surface area contributed by atoms with Crippen LogP contribution in [-0.2, 0) is 4.79 Å². The molecule has 2 N–H and O–H groups in total. The molecule has 112 valence electrons. The summed E-state index contributed by atoms with van der Waals surface area (Å²) in [6, 6.07) is 0.687. The van der Waals surface area contributed by atoms with Crippen molar-refractivity contribution in [1.29, 1.82) is 0 Å². The Balaban J connectivity index is 2.39. The van der Waals surface area contributed by atoms with Crippen LogP contribution >= 0.6 is 11.8 Å². The van der Waals surface area contributed by atoms with Crippen LogP contribution in [0.25, 0.3) is 0 Å². The average Bonchev–Trinajstić information content (AvgIpc) is 2.39. The van der Waals surface area contributed by atoms with Gasteiger partial charge in [0, 0.05) is 17.3 Å². The number of nitrogens with one attached hydrogen (secondary N) is 2.